The number of hydrogen-bond donors (Lipinski definition) is 3. The Balaban J connectivity index is 0.998. The van der Waals surface area contributed by atoms with E-state index in [4.69, 9.17) is 23.8 Å². The van der Waals surface area contributed by atoms with Gasteiger partial charge in [-0.1, -0.05) is 35.7 Å². The topological polar surface area (TPSA) is 117 Å². The van der Waals surface area contributed by atoms with Crippen LogP contribution in [-0.2, 0) is 17.6 Å². The average molecular weight is 687 g/mol. The number of carbonyl (C=O) groups excluding carboxylic acids is 3. The van der Waals surface area contributed by atoms with Crippen LogP contribution in [0.2, 0.25) is 5.02 Å². The molecule has 0 radical (unpaired) electrons. The highest BCUT2D eigenvalue weighted by Gasteiger charge is 2.40. The summed E-state index contributed by atoms with van der Waals surface area (Å²) >= 11 is 6.43. The van der Waals surface area contributed by atoms with Gasteiger partial charge in [-0.25, -0.2) is 9.59 Å². The van der Waals surface area contributed by atoms with Gasteiger partial charge in [0.15, 0.2) is 0 Å². The van der Waals surface area contributed by atoms with Crippen LogP contribution in [0.4, 0.5) is 21.0 Å². The quantitative estimate of drug-likeness (QED) is 0.317. The molecular formula is C37H47ClN8O3. The van der Waals surface area contributed by atoms with Crippen LogP contribution < -0.4 is 16.4 Å². The number of benzene rings is 2. The molecule has 4 N–H and O–H groups in total. The first-order chi connectivity index (χ1) is 23.8. The standard InChI is InChI=1S/C37H47ClN8O3/c1-2-26-21-25(22-30(38)34(26)39)23-32(35(47)44-19-17-43(18-20-44)33-24-42-12-7-28(33)8-13-42)41-36(48)45-14-10-29(11-15-45)46-16-9-27-5-3-4-6-31(27)40-37(46)49/h1,3-6,21-22,28-29,32-33H,7-20,23-24,39H2,(H,40,49)(H,41,48)/t32-,33?/m1/s1. The number of likely N-dealkylation sites (tertiary alicyclic amines) is 1. The maximum absolute atomic E-state index is 14.2. The Bertz CT molecular complexity index is 1600. The molecule has 0 aliphatic carbocycles. The molecule has 0 aromatic heterocycles. The second kappa shape index (κ2) is 14.5. The minimum Gasteiger partial charge on any atom is -0.397 e. The van der Waals surface area contributed by atoms with Crippen LogP contribution in [-0.4, -0.2) is 126 Å². The van der Waals surface area contributed by atoms with Crippen molar-refractivity contribution in [3.05, 3.63) is 58.1 Å². The second-order valence-corrected chi connectivity index (χ2v) is 14.6. The molecule has 8 rings (SSSR count). The Labute approximate surface area is 294 Å². The van der Waals surface area contributed by atoms with Crippen LogP contribution >= 0.6 is 11.6 Å². The van der Waals surface area contributed by atoms with Gasteiger partial charge in [0, 0.05) is 82.1 Å². The van der Waals surface area contributed by atoms with Gasteiger partial charge in [-0.3, -0.25) is 9.69 Å². The molecular weight excluding hydrogens is 640 g/mol. The number of carbonyl (C=O) groups is 3. The van der Waals surface area contributed by atoms with Gasteiger partial charge < -0.3 is 36.0 Å². The monoisotopic (exact) mass is 686 g/mol. The lowest BCUT2D eigenvalue weighted by Crippen LogP contribution is -2.63. The van der Waals surface area contributed by atoms with Gasteiger partial charge in [0.2, 0.25) is 5.91 Å². The normalized spacial score (nSPS) is 25.2. The van der Waals surface area contributed by atoms with Crippen LogP contribution in [0.25, 0.3) is 0 Å². The van der Waals surface area contributed by atoms with Gasteiger partial charge in [0.25, 0.3) is 0 Å². The van der Waals surface area contributed by atoms with Crippen molar-refractivity contribution < 1.29 is 14.4 Å². The van der Waals surface area contributed by atoms with Crippen molar-refractivity contribution in [2.75, 3.05) is 76.5 Å². The second-order valence-electron chi connectivity index (χ2n) is 14.2. The lowest BCUT2D eigenvalue weighted by atomic mass is 9.83. The number of amides is 5. The number of nitrogen functional groups attached to an aromatic ring is 1. The number of hydrogen-bond acceptors (Lipinski definition) is 6. The van der Waals surface area contributed by atoms with E-state index in [0.29, 0.717) is 67.9 Å². The van der Waals surface area contributed by atoms with Gasteiger partial charge in [0.1, 0.15) is 6.04 Å². The first kappa shape index (κ1) is 33.5. The van der Waals surface area contributed by atoms with Gasteiger partial charge >= 0.3 is 12.1 Å². The Morgan fingerprint density at radius 2 is 1.71 bits per heavy atom. The molecule has 2 bridgehead atoms. The van der Waals surface area contributed by atoms with E-state index in [-0.39, 0.29) is 30.4 Å². The molecule has 6 aliphatic rings. The summed E-state index contributed by atoms with van der Waals surface area (Å²) in [6.45, 7) is 8.06. The number of rotatable bonds is 6. The first-order valence-corrected chi connectivity index (χ1v) is 18.2. The zero-order chi connectivity index (χ0) is 34.1. The third-order valence-electron chi connectivity index (χ3n) is 11.4. The molecule has 11 nitrogen and oxygen atoms in total. The summed E-state index contributed by atoms with van der Waals surface area (Å²) in [5.41, 5.74) is 9.61. The smallest absolute Gasteiger partial charge is 0.322 e. The largest absolute Gasteiger partial charge is 0.397 e. The Morgan fingerprint density at radius 3 is 2.41 bits per heavy atom. The Morgan fingerprint density at radius 1 is 0.980 bits per heavy atom. The molecule has 6 aliphatic heterocycles. The lowest BCUT2D eigenvalue weighted by molar-refractivity contribution is -0.136. The molecule has 5 amide bonds. The van der Waals surface area contributed by atoms with E-state index in [1.165, 1.54) is 25.9 Å². The van der Waals surface area contributed by atoms with Crippen molar-refractivity contribution in [1.82, 2.24) is 29.8 Å². The number of piperazine rings is 1. The molecule has 12 heteroatoms. The van der Waals surface area contributed by atoms with Crippen LogP contribution in [0.3, 0.4) is 0 Å². The van der Waals surface area contributed by atoms with E-state index in [1.807, 2.05) is 34.1 Å². The number of anilines is 2. The number of terminal acetylenes is 1. The van der Waals surface area contributed by atoms with E-state index in [9.17, 15) is 14.4 Å². The van der Waals surface area contributed by atoms with Crippen molar-refractivity contribution in [1.29, 1.82) is 0 Å². The minimum absolute atomic E-state index is 0.0300. The molecule has 2 aromatic rings. The number of halogens is 1. The molecule has 260 valence electrons. The summed E-state index contributed by atoms with van der Waals surface area (Å²) < 4.78 is 0. The molecule has 0 spiro atoms. The fourth-order valence-electron chi connectivity index (χ4n) is 8.55. The van der Waals surface area contributed by atoms with E-state index in [1.54, 1.807) is 17.0 Å². The number of nitrogens with zero attached hydrogens (tertiary/aromatic N) is 5. The SMILES string of the molecule is C#Cc1cc(C[C@@H](NC(=O)N2CCC(N3CCc4ccccc4NC3=O)CC2)C(=O)N2CCN(C3CN4CCC3CC4)CC2)cc(Cl)c1N. The van der Waals surface area contributed by atoms with E-state index < -0.39 is 6.04 Å². The Kier molecular flexibility index (Phi) is 9.90. The summed E-state index contributed by atoms with van der Waals surface area (Å²) in [5, 5.41) is 6.47. The lowest BCUT2D eigenvalue weighted by Gasteiger charge is -2.51. The Hall–Kier alpha value is -3.98. The first-order valence-electron chi connectivity index (χ1n) is 17.8. The van der Waals surface area contributed by atoms with Crippen LogP contribution in [0.5, 0.6) is 0 Å². The maximum atomic E-state index is 14.2. The molecule has 6 heterocycles. The minimum atomic E-state index is -0.797. The highest BCUT2D eigenvalue weighted by atomic mass is 35.5. The number of fused-ring (bicyclic) bond motifs is 4. The summed E-state index contributed by atoms with van der Waals surface area (Å²) in [5.74, 6) is 3.22. The van der Waals surface area contributed by atoms with Crippen LogP contribution in [0.15, 0.2) is 36.4 Å². The average Bonchev–Trinajstić information content (AvgIpc) is 3.31. The van der Waals surface area contributed by atoms with E-state index in [2.05, 4.69) is 26.4 Å². The number of para-hydroxylation sites is 1. The van der Waals surface area contributed by atoms with E-state index >= 15 is 0 Å². The fraction of sp³-hybridized carbons (Fsp3) is 0.541. The molecule has 5 fully saturated rings. The highest BCUT2D eigenvalue weighted by Crippen LogP contribution is 2.32. The number of nitrogens with one attached hydrogen (secondary N) is 2. The molecule has 5 saturated heterocycles. The van der Waals surface area contributed by atoms with Crippen LogP contribution in [0, 0.1) is 18.3 Å². The molecule has 1 unspecified atom stereocenters. The fourth-order valence-corrected chi connectivity index (χ4v) is 8.79. The van der Waals surface area contributed by atoms with Crippen molar-refractivity contribution in [2.45, 2.75) is 56.7 Å². The predicted molar refractivity (Wildman–Crippen MR) is 191 cm³/mol. The highest BCUT2D eigenvalue weighted by molar-refractivity contribution is 6.33. The van der Waals surface area contributed by atoms with Crippen molar-refractivity contribution in [3.63, 3.8) is 0 Å². The summed E-state index contributed by atoms with van der Waals surface area (Å²) in [4.78, 5) is 51.8. The zero-order valence-electron chi connectivity index (χ0n) is 28.1. The van der Waals surface area contributed by atoms with Crippen molar-refractivity contribution in [2.24, 2.45) is 5.92 Å². The van der Waals surface area contributed by atoms with Crippen molar-refractivity contribution in [3.8, 4) is 12.3 Å². The number of piperidine rings is 4. The van der Waals surface area contributed by atoms with Gasteiger partial charge in [-0.05, 0) is 80.4 Å². The van der Waals surface area contributed by atoms with Crippen molar-refractivity contribution >= 4 is 40.9 Å². The molecule has 0 saturated carbocycles. The molecule has 2 aromatic carbocycles. The maximum Gasteiger partial charge on any atom is 0.322 e. The summed E-state index contributed by atoms with van der Waals surface area (Å²) in [7, 11) is 0. The number of nitrogens with two attached hydrogens (primary N) is 1. The van der Waals surface area contributed by atoms with E-state index in [0.717, 1.165) is 48.8 Å². The van der Waals surface area contributed by atoms with Gasteiger partial charge in [0.05, 0.1) is 10.7 Å². The van der Waals surface area contributed by atoms with Gasteiger partial charge in [-0.2, -0.15) is 0 Å². The molecule has 2 atom stereocenters. The third kappa shape index (κ3) is 7.18. The zero-order valence-corrected chi connectivity index (χ0v) is 28.8. The molecule has 49 heavy (non-hydrogen) atoms. The summed E-state index contributed by atoms with van der Waals surface area (Å²) in [6, 6.07) is 10.8. The predicted octanol–water partition coefficient (Wildman–Crippen LogP) is 3.32. The number of urea groups is 2. The van der Waals surface area contributed by atoms with Gasteiger partial charge in [-0.15, -0.1) is 6.42 Å². The third-order valence-corrected chi connectivity index (χ3v) is 11.7. The van der Waals surface area contributed by atoms with Crippen LogP contribution in [0.1, 0.15) is 42.4 Å². The summed E-state index contributed by atoms with van der Waals surface area (Å²) in [6.07, 6.45) is 10.6.